The van der Waals surface area contributed by atoms with Gasteiger partial charge in [-0.25, -0.2) is 0 Å². The number of rotatable bonds is 11. The van der Waals surface area contributed by atoms with Gasteiger partial charge in [0.1, 0.15) is 6.04 Å². The van der Waals surface area contributed by atoms with Crippen molar-refractivity contribution in [2.45, 2.75) is 71.5 Å². The van der Waals surface area contributed by atoms with Crippen LogP contribution in [0.4, 0.5) is 0 Å². The van der Waals surface area contributed by atoms with Crippen molar-refractivity contribution in [2.75, 3.05) is 19.7 Å². The number of aromatic nitrogens is 4. The Morgan fingerprint density at radius 3 is 2.68 bits per heavy atom. The van der Waals surface area contributed by atoms with Crippen LogP contribution in [0.15, 0.2) is 42.5 Å². The molecule has 2 aromatic carbocycles. The van der Waals surface area contributed by atoms with E-state index in [4.69, 9.17) is 4.74 Å². The van der Waals surface area contributed by atoms with Crippen molar-refractivity contribution in [1.29, 1.82) is 0 Å². The number of ether oxygens (including phenoxy) is 1. The van der Waals surface area contributed by atoms with Crippen molar-refractivity contribution >= 4 is 16.7 Å². The molecule has 2 N–H and O–H groups in total. The second kappa shape index (κ2) is 12.8. The highest BCUT2D eigenvalue weighted by atomic mass is 16.5. The molecular weight excluding hydrogens is 476 g/mol. The quantitative estimate of drug-likeness (QED) is 0.354. The first-order chi connectivity index (χ1) is 18.6. The summed E-state index contributed by atoms with van der Waals surface area (Å²) in [6.07, 6.45) is 6.57. The summed E-state index contributed by atoms with van der Waals surface area (Å²) in [6.45, 7) is 8.29. The first kappa shape index (κ1) is 26.8. The molecule has 8 heteroatoms. The summed E-state index contributed by atoms with van der Waals surface area (Å²) in [4.78, 5) is 15.3. The van der Waals surface area contributed by atoms with Gasteiger partial charge < -0.3 is 10.1 Å². The Bertz CT molecular complexity index is 1160. The molecule has 2 heterocycles. The molecule has 5 rings (SSSR count). The average molecular weight is 519 g/mol. The number of carbonyl (C=O) groups excluding carboxylic acids is 1. The highest BCUT2D eigenvalue weighted by Crippen LogP contribution is 2.39. The van der Waals surface area contributed by atoms with Crippen LogP contribution >= 0.6 is 0 Å². The van der Waals surface area contributed by atoms with Crippen LogP contribution in [0.1, 0.15) is 63.8 Å². The Labute approximate surface area is 225 Å². The summed E-state index contributed by atoms with van der Waals surface area (Å²) >= 11 is 0. The number of nitrogens with one attached hydrogen (secondary N) is 2. The third kappa shape index (κ3) is 6.77. The molecule has 1 aliphatic carbocycles. The molecule has 0 bridgehead atoms. The van der Waals surface area contributed by atoms with E-state index in [2.05, 4.69) is 87.2 Å². The van der Waals surface area contributed by atoms with Crippen LogP contribution in [0, 0.1) is 23.7 Å². The standard InChI is InChI=1S/C30H42N6O2/c1-3-21(4-2)20-38-30(37)28-15-27-14-23(10-12-26(27)16-31-28)18-36(19-29-32-34-35-33-29)17-22-9-11-24-7-5-6-8-25(24)13-22/h5-9,11,13,21,23,26-28,31H,3-4,10,12,14-20H2,1-2H3,(H,32,33,34,35)/t23-,26-,27+,28-/m0/s1. The Morgan fingerprint density at radius 1 is 1.05 bits per heavy atom. The van der Waals surface area contributed by atoms with Gasteiger partial charge in [-0.1, -0.05) is 68.3 Å². The zero-order valence-corrected chi connectivity index (χ0v) is 22.8. The van der Waals surface area contributed by atoms with E-state index in [1.807, 2.05) is 0 Å². The van der Waals surface area contributed by atoms with E-state index in [1.165, 1.54) is 29.2 Å². The number of hydrogen-bond donors (Lipinski definition) is 2. The molecule has 0 amide bonds. The van der Waals surface area contributed by atoms with Crippen molar-refractivity contribution in [3.63, 3.8) is 0 Å². The number of nitrogens with zero attached hydrogens (tertiary/aromatic N) is 4. The Kier molecular flexibility index (Phi) is 9.02. The molecule has 0 radical (unpaired) electrons. The molecule has 0 spiro atoms. The Hall–Kier alpha value is -2.84. The summed E-state index contributed by atoms with van der Waals surface area (Å²) in [5, 5.41) is 20.9. The predicted molar refractivity (Wildman–Crippen MR) is 148 cm³/mol. The lowest BCUT2D eigenvalue weighted by Gasteiger charge is -2.43. The third-order valence-corrected chi connectivity index (χ3v) is 8.80. The van der Waals surface area contributed by atoms with E-state index in [1.54, 1.807) is 0 Å². The van der Waals surface area contributed by atoms with E-state index in [0.29, 0.717) is 36.8 Å². The minimum absolute atomic E-state index is 0.0625. The van der Waals surface area contributed by atoms with Crippen LogP contribution in [0.2, 0.25) is 0 Å². The highest BCUT2D eigenvalue weighted by Gasteiger charge is 2.38. The van der Waals surface area contributed by atoms with Crippen LogP contribution in [-0.2, 0) is 22.6 Å². The predicted octanol–water partition coefficient (Wildman–Crippen LogP) is 4.73. The zero-order valence-electron chi connectivity index (χ0n) is 22.8. The van der Waals surface area contributed by atoms with Crippen LogP contribution in [0.25, 0.3) is 10.8 Å². The number of tetrazole rings is 1. The van der Waals surface area contributed by atoms with Gasteiger partial charge in [0.15, 0.2) is 5.82 Å². The SMILES string of the molecule is CCC(CC)COC(=O)[C@@H]1C[C@H]2C[C@@H](CN(Cc3ccc4ccccc4c3)Cc3nn[nH]n3)CC[C@H]2CN1. The van der Waals surface area contributed by atoms with Gasteiger partial charge in [0.05, 0.1) is 13.2 Å². The fourth-order valence-electron chi connectivity index (χ4n) is 6.43. The van der Waals surface area contributed by atoms with Crippen molar-refractivity contribution in [2.24, 2.45) is 23.7 Å². The van der Waals surface area contributed by atoms with E-state index < -0.39 is 0 Å². The normalized spacial score (nSPS) is 23.6. The monoisotopic (exact) mass is 518 g/mol. The van der Waals surface area contributed by atoms with E-state index in [-0.39, 0.29) is 12.0 Å². The van der Waals surface area contributed by atoms with Crippen molar-refractivity contribution in [1.82, 2.24) is 30.8 Å². The first-order valence-corrected chi connectivity index (χ1v) is 14.4. The molecule has 38 heavy (non-hydrogen) atoms. The summed E-state index contributed by atoms with van der Waals surface area (Å²) in [5.41, 5.74) is 1.29. The second-order valence-corrected chi connectivity index (χ2v) is 11.4. The fourth-order valence-corrected chi connectivity index (χ4v) is 6.43. The molecule has 1 saturated carbocycles. The number of piperidine rings is 1. The fraction of sp³-hybridized carbons (Fsp3) is 0.600. The maximum atomic E-state index is 12.8. The molecule has 204 valence electrons. The van der Waals surface area contributed by atoms with Crippen molar-refractivity contribution < 1.29 is 9.53 Å². The average Bonchev–Trinajstić information content (AvgIpc) is 3.46. The molecule has 1 aromatic heterocycles. The molecule has 4 atom stereocenters. The van der Waals surface area contributed by atoms with E-state index in [9.17, 15) is 4.79 Å². The van der Waals surface area contributed by atoms with Gasteiger partial charge in [-0.05, 0) is 78.3 Å². The van der Waals surface area contributed by atoms with Crippen LogP contribution in [0.5, 0.6) is 0 Å². The van der Waals surface area contributed by atoms with E-state index in [0.717, 1.165) is 51.1 Å². The lowest BCUT2D eigenvalue weighted by Crippen LogP contribution is -2.50. The minimum atomic E-state index is -0.169. The van der Waals surface area contributed by atoms with Crippen LogP contribution in [0.3, 0.4) is 0 Å². The van der Waals surface area contributed by atoms with Gasteiger partial charge in [0.2, 0.25) is 0 Å². The number of hydrogen-bond acceptors (Lipinski definition) is 7. The second-order valence-electron chi connectivity index (χ2n) is 11.4. The van der Waals surface area contributed by atoms with Gasteiger partial charge in [-0.2, -0.15) is 5.21 Å². The van der Waals surface area contributed by atoms with Crippen molar-refractivity contribution in [3.05, 3.63) is 53.9 Å². The molecule has 3 aromatic rings. The summed E-state index contributed by atoms with van der Waals surface area (Å²) in [6, 6.07) is 15.1. The van der Waals surface area contributed by atoms with Crippen LogP contribution in [-0.4, -0.2) is 57.2 Å². The van der Waals surface area contributed by atoms with Crippen LogP contribution < -0.4 is 5.32 Å². The number of H-pyrrole nitrogens is 1. The Morgan fingerprint density at radius 2 is 1.89 bits per heavy atom. The number of fused-ring (bicyclic) bond motifs is 2. The minimum Gasteiger partial charge on any atom is -0.464 e. The number of esters is 1. The number of benzene rings is 2. The lowest BCUT2D eigenvalue weighted by atomic mass is 9.69. The molecule has 1 saturated heterocycles. The lowest BCUT2D eigenvalue weighted by molar-refractivity contribution is -0.149. The van der Waals surface area contributed by atoms with Gasteiger partial charge in [-0.3, -0.25) is 9.69 Å². The van der Waals surface area contributed by atoms with Gasteiger partial charge in [0, 0.05) is 13.1 Å². The maximum absolute atomic E-state index is 12.8. The molecule has 2 fully saturated rings. The first-order valence-electron chi connectivity index (χ1n) is 14.4. The molecule has 0 unspecified atom stereocenters. The summed E-state index contributed by atoms with van der Waals surface area (Å²) in [5.74, 6) is 2.92. The number of carbonyl (C=O) groups is 1. The molecule has 1 aliphatic heterocycles. The zero-order chi connectivity index (χ0) is 26.3. The Balaban J connectivity index is 1.21. The topological polar surface area (TPSA) is 96.0 Å². The third-order valence-electron chi connectivity index (χ3n) is 8.80. The smallest absolute Gasteiger partial charge is 0.323 e. The van der Waals surface area contributed by atoms with E-state index >= 15 is 0 Å². The molecule has 8 nitrogen and oxygen atoms in total. The van der Waals surface area contributed by atoms with Gasteiger partial charge >= 0.3 is 5.97 Å². The van der Waals surface area contributed by atoms with Gasteiger partial charge in [-0.15, -0.1) is 10.2 Å². The maximum Gasteiger partial charge on any atom is 0.323 e. The highest BCUT2D eigenvalue weighted by molar-refractivity contribution is 5.83. The largest absolute Gasteiger partial charge is 0.464 e. The van der Waals surface area contributed by atoms with Gasteiger partial charge in [0.25, 0.3) is 0 Å². The molecular formula is C30H42N6O2. The summed E-state index contributed by atoms with van der Waals surface area (Å²) < 4.78 is 5.72. The summed E-state index contributed by atoms with van der Waals surface area (Å²) in [7, 11) is 0. The molecule has 2 aliphatic rings. The van der Waals surface area contributed by atoms with Crippen molar-refractivity contribution in [3.8, 4) is 0 Å². The number of aromatic amines is 1.